The average molecular weight is 162 g/mol. The molecule has 0 aliphatic heterocycles. The van der Waals surface area contributed by atoms with Crippen molar-refractivity contribution in [3.05, 3.63) is 18.0 Å². The highest BCUT2D eigenvalue weighted by atomic mass is 19.3. The molecule has 0 aromatic carbocycles. The van der Waals surface area contributed by atoms with Gasteiger partial charge in [0.1, 0.15) is 17.5 Å². The van der Waals surface area contributed by atoms with E-state index in [0.29, 0.717) is 0 Å². The fraction of sp³-hybridized carbons (Fsp3) is 0.500. The van der Waals surface area contributed by atoms with Crippen LogP contribution in [0.5, 0.6) is 0 Å². The largest absolute Gasteiger partial charge is 0.364 e. The highest BCUT2D eigenvalue weighted by Crippen LogP contribution is 2.22. The zero-order valence-corrected chi connectivity index (χ0v) is 5.92. The molecule has 0 fully saturated rings. The van der Waals surface area contributed by atoms with Gasteiger partial charge in [0, 0.05) is 6.07 Å². The van der Waals surface area contributed by atoms with Crippen molar-refractivity contribution in [2.45, 2.75) is 18.9 Å². The normalized spacial score (nSPS) is 16.8. The van der Waals surface area contributed by atoms with Crippen LogP contribution in [0.1, 0.15) is 12.6 Å². The monoisotopic (exact) mass is 162 g/mol. The molecule has 1 aromatic heterocycles. The van der Waals surface area contributed by atoms with Crippen LogP contribution in [0.2, 0.25) is 0 Å². The number of nitrogens with two attached hydrogens (primary N) is 1. The van der Waals surface area contributed by atoms with Crippen LogP contribution in [0.4, 0.5) is 8.78 Å². The zero-order chi connectivity index (χ0) is 8.48. The molecule has 0 aliphatic carbocycles. The maximum Gasteiger partial charge on any atom is 0.261 e. The lowest BCUT2D eigenvalue weighted by molar-refractivity contribution is 0.0583. The molecule has 0 radical (unpaired) electrons. The second kappa shape index (κ2) is 2.58. The summed E-state index contributed by atoms with van der Waals surface area (Å²) < 4.78 is 28.7. The summed E-state index contributed by atoms with van der Waals surface area (Å²) in [5.74, 6) is 0. The summed E-state index contributed by atoms with van der Waals surface area (Å²) in [5, 5.41) is 3.33. The van der Waals surface area contributed by atoms with E-state index in [0.717, 1.165) is 0 Å². The number of hydrogen-bond acceptors (Lipinski definition) is 3. The van der Waals surface area contributed by atoms with Crippen LogP contribution in [-0.4, -0.2) is 11.6 Å². The third-order valence-corrected chi connectivity index (χ3v) is 1.44. The van der Waals surface area contributed by atoms with E-state index in [1.807, 2.05) is 0 Å². The van der Waals surface area contributed by atoms with E-state index in [-0.39, 0.29) is 5.69 Å². The molecule has 0 saturated heterocycles. The van der Waals surface area contributed by atoms with Gasteiger partial charge in [0.2, 0.25) is 0 Å². The van der Waals surface area contributed by atoms with Crippen molar-refractivity contribution in [2.24, 2.45) is 5.73 Å². The summed E-state index contributed by atoms with van der Waals surface area (Å²) in [6, 6.07) is 1.33. The topological polar surface area (TPSA) is 52.0 Å². The Labute approximate surface area is 62.2 Å². The van der Waals surface area contributed by atoms with Crippen molar-refractivity contribution < 1.29 is 13.3 Å². The van der Waals surface area contributed by atoms with Crippen LogP contribution in [0.3, 0.4) is 0 Å². The van der Waals surface area contributed by atoms with Gasteiger partial charge in [-0.25, -0.2) is 8.78 Å². The van der Waals surface area contributed by atoms with Crippen molar-refractivity contribution in [1.29, 1.82) is 0 Å². The van der Waals surface area contributed by atoms with Crippen molar-refractivity contribution in [2.75, 3.05) is 0 Å². The summed E-state index contributed by atoms with van der Waals surface area (Å²) >= 11 is 0. The lowest BCUT2D eigenvalue weighted by Crippen LogP contribution is -2.40. The molecule has 0 amide bonds. The van der Waals surface area contributed by atoms with E-state index in [2.05, 4.69) is 9.68 Å². The minimum atomic E-state index is -2.65. The Morgan fingerprint density at radius 2 is 2.36 bits per heavy atom. The smallest absolute Gasteiger partial charge is 0.261 e. The summed E-state index contributed by atoms with van der Waals surface area (Å²) in [7, 11) is 0. The van der Waals surface area contributed by atoms with Crippen LogP contribution < -0.4 is 5.73 Å². The number of rotatable bonds is 2. The van der Waals surface area contributed by atoms with Gasteiger partial charge in [-0.05, 0) is 6.92 Å². The average Bonchev–Trinajstić information content (AvgIpc) is 2.37. The maximum absolute atomic E-state index is 12.2. The second-order valence-electron chi connectivity index (χ2n) is 2.47. The van der Waals surface area contributed by atoms with Crippen LogP contribution >= 0.6 is 0 Å². The van der Waals surface area contributed by atoms with Crippen molar-refractivity contribution in [3.8, 4) is 0 Å². The molecule has 0 saturated carbocycles. The predicted octanol–water partition coefficient (Wildman–Crippen LogP) is 1.11. The quantitative estimate of drug-likeness (QED) is 0.708. The molecule has 1 aromatic rings. The number of aromatic nitrogens is 1. The zero-order valence-electron chi connectivity index (χ0n) is 5.92. The maximum atomic E-state index is 12.2. The lowest BCUT2D eigenvalue weighted by atomic mass is 10.0. The first-order valence-corrected chi connectivity index (χ1v) is 3.03. The van der Waals surface area contributed by atoms with Crippen molar-refractivity contribution in [1.82, 2.24) is 5.16 Å². The van der Waals surface area contributed by atoms with Crippen molar-refractivity contribution in [3.63, 3.8) is 0 Å². The van der Waals surface area contributed by atoms with E-state index in [4.69, 9.17) is 5.73 Å². The standard InChI is InChI=1S/C6H8F2N2O/c1-6(9,5(7)8)4-2-3-11-10-4/h2-3,5H,9H2,1H3. The SMILES string of the molecule is CC(N)(c1ccon1)C(F)F. The Hall–Kier alpha value is -0.970. The van der Waals surface area contributed by atoms with E-state index in [1.165, 1.54) is 19.3 Å². The van der Waals surface area contributed by atoms with Gasteiger partial charge in [0.15, 0.2) is 0 Å². The van der Waals surface area contributed by atoms with Gasteiger partial charge in [-0.2, -0.15) is 0 Å². The molecular formula is C6H8F2N2O. The van der Waals surface area contributed by atoms with Gasteiger partial charge in [-0.15, -0.1) is 0 Å². The highest BCUT2D eigenvalue weighted by molar-refractivity contribution is 5.10. The van der Waals surface area contributed by atoms with Gasteiger partial charge in [0.05, 0.1) is 0 Å². The summed E-state index contributed by atoms with van der Waals surface area (Å²) in [6.07, 6.45) is -1.43. The van der Waals surface area contributed by atoms with E-state index in [1.54, 1.807) is 0 Å². The van der Waals surface area contributed by atoms with Crippen LogP contribution in [0.15, 0.2) is 16.9 Å². The Kier molecular flexibility index (Phi) is 1.90. The molecular weight excluding hydrogens is 154 g/mol. The predicted molar refractivity (Wildman–Crippen MR) is 34.0 cm³/mol. The molecule has 2 N–H and O–H groups in total. The summed E-state index contributed by atoms with van der Waals surface area (Å²) in [6.45, 7) is 1.20. The van der Waals surface area contributed by atoms with Crippen LogP contribution in [0.25, 0.3) is 0 Å². The van der Waals surface area contributed by atoms with Crippen LogP contribution in [0, 0.1) is 0 Å². The first-order valence-electron chi connectivity index (χ1n) is 3.03. The summed E-state index contributed by atoms with van der Waals surface area (Å²) in [5.41, 5.74) is 3.60. The molecule has 1 unspecified atom stereocenters. The first-order chi connectivity index (χ1) is 5.05. The number of nitrogens with zero attached hydrogens (tertiary/aromatic N) is 1. The molecule has 0 aliphatic rings. The molecule has 3 nitrogen and oxygen atoms in total. The van der Waals surface area contributed by atoms with Crippen LogP contribution in [-0.2, 0) is 5.54 Å². The molecule has 0 bridgehead atoms. The van der Waals surface area contributed by atoms with Crippen molar-refractivity contribution >= 4 is 0 Å². The number of hydrogen-bond donors (Lipinski definition) is 1. The summed E-state index contributed by atoms with van der Waals surface area (Å²) in [4.78, 5) is 0. The molecule has 5 heteroatoms. The Balaban J connectivity index is 2.90. The Bertz CT molecular complexity index is 220. The number of alkyl halides is 2. The minimum Gasteiger partial charge on any atom is -0.364 e. The van der Waals surface area contributed by atoms with Gasteiger partial charge in [0.25, 0.3) is 6.43 Å². The minimum absolute atomic E-state index is 0.0625. The molecule has 1 heterocycles. The fourth-order valence-corrected chi connectivity index (χ4v) is 0.602. The molecule has 11 heavy (non-hydrogen) atoms. The molecule has 1 rings (SSSR count). The van der Waals surface area contributed by atoms with E-state index in [9.17, 15) is 8.78 Å². The van der Waals surface area contributed by atoms with Gasteiger partial charge < -0.3 is 10.3 Å². The lowest BCUT2D eigenvalue weighted by Gasteiger charge is -2.19. The van der Waals surface area contributed by atoms with Gasteiger partial charge in [-0.1, -0.05) is 5.16 Å². The van der Waals surface area contributed by atoms with E-state index >= 15 is 0 Å². The third kappa shape index (κ3) is 1.37. The van der Waals surface area contributed by atoms with Gasteiger partial charge >= 0.3 is 0 Å². The molecule has 0 spiro atoms. The highest BCUT2D eigenvalue weighted by Gasteiger charge is 2.34. The fourth-order valence-electron chi connectivity index (χ4n) is 0.602. The number of halogens is 2. The second-order valence-corrected chi connectivity index (χ2v) is 2.47. The van der Waals surface area contributed by atoms with Gasteiger partial charge in [-0.3, -0.25) is 0 Å². The first kappa shape index (κ1) is 8.13. The Morgan fingerprint density at radius 3 is 2.73 bits per heavy atom. The molecule has 62 valence electrons. The molecule has 1 atom stereocenters. The third-order valence-electron chi connectivity index (χ3n) is 1.44. The Morgan fingerprint density at radius 1 is 1.73 bits per heavy atom. The van der Waals surface area contributed by atoms with E-state index < -0.39 is 12.0 Å².